The predicted octanol–water partition coefficient (Wildman–Crippen LogP) is -0.0146. The molecule has 0 radical (unpaired) electrons. The van der Waals surface area contributed by atoms with E-state index in [9.17, 15) is 4.79 Å². The van der Waals surface area contributed by atoms with E-state index in [0.717, 1.165) is 0 Å². The molecule has 1 atom stereocenters. The van der Waals surface area contributed by atoms with Gasteiger partial charge in [0.15, 0.2) is 0 Å². The van der Waals surface area contributed by atoms with Gasteiger partial charge < -0.3 is 9.80 Å². The molecule has 1 saturated heterocycles. The van der Waals surface area contributed by atoms with E-state index < -0.39 is 0 Å². The Morgan fingerprint density at radius 1 is 1.70 bits per heavy atom. The lowest BCUT2D eigenvalue weighted by Crippen LogP contribution is -2.29. The highest BCUT2D eigenvalue weighted by Gasteiger charge is 2.30. The zero-order valence-electron chi connectivity index (χ0n) is 6.16. The zero-order chi connectivity index (χ0) is 7.72. The Morgan fingerprint density at radius 2 is 2.30 bits per heavy atom. The standard InChI is InChI=1S/C7H10N2O/c1-4-6-5-8(2)7(10)9(6)3/h1,6H,5H2,2-3H3/t6-/m0/s1. The SMILES string of the molecule is C#C[C@H]1CN(C)C(=O)N1C. The first kappa shape index (κ1) is 6.94. The van der Waals surface area contributed by atoms with E-state index in [0.29, 0.717) is 6.54 Å². The minimum Gasteiger partial charge on any atom is -0.325 e. The summed E-state index contributed by atoms with van der Waals surface area (Å²) in [6, 6.07) is -0.0413. The van der Waals surface area contributed by atoms with Crippen molar-refractivity contribution in [2.45, 2.75) is 6.04 Å². The molecule has 0 aromatic carbocycles. The Hall–Kier alpha value is -1.17. The Bertz CT molecular complexity index is 194. The molecule has 0 aliphatic carbocycles. The van der Waals surface area contributed by atoms with Crippen molar-refractivity contribution < 1.29 is 4.79 Å². The molecule has 2 amide bonds. The third-order valence-electron chi connectivity index (χ3n) is 1.73. The fourth-order valence-corrected chi connectivity index (χ4v) is 1.03. The lowest BCUT2D eigenvalue weighted by molar-refractivity contribution is 0.204. The molecule has 0 aromatic rings. The van der Waals surface area contributed by atoms with Gasteiger partial charge in [0.05, 0.1) is 6.54 Å². The number of nitrogens with zero attached hydrogens (tertiary/aromatic N) is 2. The number of rotatable bonds is 0. The number of hydrogen-bond acceptors (Lipinski definition) is 1. The molecule has 1 fully saturated rings. The average Bonchev–Trinajstić information content (AvgIpc) is 2.17. The molecule has 0 bridgehead atoms. The van der Waals surface area contributed by atoms with E-state index >= 15 is 0 Å². The molecule has 3 heteroatoms. The summed E-state index contributed by atoms with van der Waals surface area (Å²) in [5.74, 6) is 2.54. The van der Waals surface area contributed by atoms with Crippen molar-refractivity contribution >= 4 is 6.03 Å². The van der Waals surface area contributed by atoms with Crippen LogP contribution in [0.5, 0.6) is 0 Å². The second-order valence-electron chi connectivity index (χ2n) is 2.46. The average molecular weight is 138 g/mol. The highest BCUT2D eigenvalue weighted by molar-refractivity contribution is 5.77. The molecular weight excluding hydrogens is 128 g/mol. The van der Waals surface area contributed by atoms with Crippen LogP contribution in [0.3, 0.4) is 0 Å². The molecule has 0 saturated carbocycles. The van der Waals surface area contributed by atoms with E-state index in [1.807, 2.05) is 0 Å². The molecule has 1 rings (SSSR count). The van der Waals surface area contributed by atoms with Crippen LogP contribution in [0.25, 0.3) is 0 Å². The summed E-state index contributed by atoms with van der Waals surface area (Å²) in [5, 5.41) is 0. The van der Waals surface area contributed by atoms with E-state index in [1.165, 1.54) is 0 Å². The van der Waals surface area contributed by atoms with Crippen molar-refractivity contribution in [2.24, 2.45) is 0 Å². The molecule has 10 heavy (non-hydrogen) atoms. The van der Waals surface area contributed by atoms with Crippen molar-refractivity contribution in [3.63, 3.8) is 0 Å². The number of carbonyl (C=O) groups is 1. The summed E-state index contributed by atoms with van der Waals surface area (Å²) >= 11 is 0. The van der Waals surface area contributed by atoms with Crippen LogP contribution < -0.4 is 0 Å². The number of hydrogen-bond donors (Lipinski definition) is 0. The summed E-state index contributed by atoms with van der Waals surface area (Å²) in [7, 11) is 3.46. The maximum Gasteiger partial charge on any atom is 0.320 e. The highest BCUT2D eigenvalue weighted by atomic mass is 16.2. The van der Waals surface area contributed by atoms with E-state index in [1.54, 1.807) is 23.9 Å². The molecule has 0 unspecified atom stereocenters. The van der Waals surface area contributed by atoms with Crippen LogP contribution in [0.15, 0.2) is 0 Å². The monoisotopic (exact) mass is 138 g/mol. The second kappa shape index (κ2) is 2.22. The second-order valence-corrected chi connectivity index (χ2v) is 2.46. The largest absolute Gasteiger partial charge is 0.325 e. The first-order valence-corrected chi connectivity index (χ1v) is 3.11. The van der Waals surface area contributed by atoms with Crippen LogP contribution in [-0.2, 0) is 0 Å². The van der Waals surface area contributed by atoms with E-state index in [2.05, 4.69) is 5.92 Å². The number of likely N-dealkylation sites (N-methyl/N-ethyl adjacent to an activating group) is 2. The van der Waals surface area contributed by atoms with Crippen molar-refractivity contribution in [1.82, 2.24) is 9.80 Å². The van der Waals surface area contributed by atoms with Gasteiger partial charge in [0.1, 0.15) is 6.04 Å². The van der Waals surface area contributed by atoms with Gasteiger partial charge in [-0.2, -0.15) is 0 Å². The van der Waals surface area contributed by atoms with Crippen LogP contribution in [0.2, 0.25) is 0 Å². The lowest BCUT2D eigenvalue weighted by Gasteiger charge is -2.10. The Balaban J connectivity index is 2.73. The van der Waals surface area contributed by atoms with Gasteiger partial charge in [-0.05, 0) is 0 Å². The van der Waals surface area contributed by atoms with Crippen molar-refractivity contribution in [3.05, 3.63) is 0 Å². The van der Waals surface area contributed by atoms with Crippen LogP contribution in [0.4, 0.5) is 4.79 Å². The molecule has 0 aromatic heterocycles. The van der Waals surface area contributed by atoms with Crippen LogP contribution in [-0.4, -0.2) is 42.5 Å². The predicted molar refractivity (Wildman–Crippen MR) is 38.4 cm³/mol. The molecule has 0 N–H and O–H groups in total. The number of carbonyl (C=O) groups excluding carboxylic acids is 1. The van der Waals surface area contributed by atoms with Gasteiger partial charge in [-0.15, -0.1) is 6.42 Å². The fraction of sp³-hybridized carbons (Fsp3) is 0.571. The molecule has 1 aliphatic heterocycles. The van der Waals surface area contributed by atoms with Gasteiger partial charge in [-0.25, -0.2) is 4.79 Å². The first-order chi connectivity index (χ1) is 4.66. The summed E-state index contributed by atoms with van der Waals surface area (Å²) in [6.07, 6.45) is 5.18. The quantitative estimate of drug-likeness (QED) is 0.432. The topological polar surface area (TPSA) is 23.6 Å². The van der Waals surface area contributed by atoms with Crippen molar-refractivity contribution in [2.75, 3.05) is 20.6 Å². The summed E-state index contributed by atoms with van der Waals surface area (Å²) in [4.78, 5) is 14.2. The van der Waals surface area contributed by atoms with Gasteiger partial charge in [-0.1, -0.05) is 5.92 Å². The van der Waals surface area contributed by atoms with Gasteiger partial charge >= 0.3 is 6.03 Å². The van der Waals surface area contributed by atoms with Gasteiger partial charge in [0, 0.05) is 14.1 Å². The summed E-state index contributed by atoms with van der Waals surface area (Å²) in [5.41, 5.74) is 0. The highest BCUT2D eigenvalue weighted by Crippen LogP contribution is 2.09. The number of amides is 2. The lowest BCUT2D eigenvalue weighted by atomic mass is 10.3. The Labute approximate surface area is 60.6 Å². The van der Waals surface area contributed by atoms with Crippen LogP contribution in [0.1, 0.15) is 0 Å². The zero-order valence-corrected chi connectivity index (χ0v) is 6.16. The molecule has 54 valence electrons. The Morgan fingerprint density at radius 3 is 2.50 bits per heavy atom. The summed E-state index contributed by atoms with van der Waals surface area (Å²) in [6.45, 7) is 0.645. The molecule has 1 aliphatic rings. The van der Waals surface area contributed by atoms with E-state index in [4.69, 9.17) is 6.42 Å². The minimum atomic E-state index is -0.0440. The van der Waals surface area contributed by atoms with E-state index in [-0.39, 0.29) is 12.1 Å². The third-order valence-corrected chi connectivity index (χ3v) is 1.73. The maximum atomic E-state index is 11.0. The maximum absolute atomic E-state index is 11.0. The minimum absolute atomic E-state index is 0.00273. The molecule has 0 spiro atoms. The molecule has 3 nitrogen and oxygen atoms in total. The third kappa shape index (κ3) is 0.820. The van der Waals surface area contributed by atoms with Gasteiger partial charge in [0.25, 0.3) is 0 Å². The fourth-order valence-electron chi connectivity index (χ4n) is 1.03. The molecule has 1 heterocycles. The smallest absolute Gasteiger partial charge is 0.320 e. The first-order valence-electron chi connectivity index (χ1n) is 3.11. The van der Waals surface area contributed by atoms with Crippen molar-refractivity contribution in [3.8, 4) is 12.3 Å². The van der Waals surface area contributed by atoms with Crippen LogP contribution in [0, 0.1) is 12.3 Å². The number of terminal acetylenes is 1. The number of urea groups is 1. The molecular formula is C7H10N2O. The van der Waals surface area contributed by atoms with Crippen molar-refractivity contribution in [1.29, 1.82) is 0 Å². The summed E-state index contributed by atoms with van der Waals surface area (Å²) < 4.78 is 0. The normalized spacial score (nSPS) is 25.3. The van der Waals surface area contributed by atoms with Crippen LogP contribution >= 0.6 is 0 Å². The van der Waals surface area contributed by atoms with Gasteiger partial charge in [0.2, 0.25) is 0 Å². The Kier molecular flexibility index (Phi) is 1.54. The van der Waals surface area contributed by atoms with Gasteiger partial charge in [-0.3, -0.25) is 0 Å².